The summed E-state index contributed by atoms with van der Waals surface area (Å²) in [7, 11) is 0. The summed E-state index contributed by atoms with van der Waals surface area (Å²) in [6.45, 7) is 5.61. The molecule has 0 radical (unpaired) electrons. The first-order chi connectivity index (χ1) is 7.99. The van der Waals surface area contributed by atoms with Crippen LogP contribution in [0.5, 0.6) is 0 Å². The zero-order valence-corrected chi connectivity index (χ0v) is 9.95. The van der Waals surface area contributed by atoms with E-state index in [4.69, 9.17) is 5.11 Å². The second kappa shape index (κ2) is 4.12. The Bertz CT molecular complexity index is 562. The minimum Gasteiger partial charge on any atom is -0.481 e. The van der Waals surface area contributed by atoms with Gasteiger partial charge in [-0.2, -0.15) is 4.98 Å². The maximum atomic E-state index is 10.9. The van der Waals surface area contributed by atoms with Gasteiger partial charge in [0.15, 0.2) is 5.82 Å². The Labute approximate surface area is 98.3 Å². The van der Waals surface area contributed by atoms with Crippen molar-refractivity contribution in [3.8, 4) is 0 Å². The Hall–Kier alpha value is -1.98. The summed E-state index contributed by atoms with van der Waals surface area (Å²) >= 11 is 0. The molecule has 2 aromatic heterocycles. The van der Waals surface area contributed by atoms with Gasteiger partial charge in [-0.3, -0.25) is 4.79 Å². The minimum atomic E-state index is -0.879. The van der Waals surface area contributed by atoms with Gasteiger partial charge in [-0.15, -0.1) is 5.10 Å². The molecule has 0 aliphatic heterocycles. The van der Waals surface area contributed by atoms with Crippen molar-refractivity contribution >= 4 is 11.7 Å². The van der Waals surface area contributed by atoms with Gasteiger partial charge < -0.3 is 5.11 Å². The van der Waals surface area contributed by atoms with Gasteiger partial charge in [0.25, 0.3) is 5.78 Å². The number of carboxylic acids is 1. The van der Waals surface area contributed by atoms with Crippen LogP contribution in [0.2, 0.25) is 0 Å². The quantitative estimate of drug-likeness (QED) is 0.869. The average Bonchev–Trinajstić information content (AvgIpc) is 2.70. The zero-order chi connectivity index (χ0) is 12.6. The first-order valence-corrected chi connectivity index (χ1v) is 5.44. The highest BCUT2D eigenvalue weighted by atomic mass is 16.4. The molecule has 90 valence electrons. The Balaban J connectivity index is 2.46. The van der Waals surface area contributed by atoms with E-state index in [1.54, 1.807) is 13.1 Å². The van der Waals surface area contributed by atoms with E-state index in [-0.39, 0.29) is 5.92 Å². The number of fused-ring (bicyclic) bond motifs is 1. The van der Waals surface area contributed by atoms with Crippen LogP contribution in [0.3, 0.4) is 0 Å². The van der Waals surface area contributed by atoms with E-state index >= 15 is 0 Å². The van der Waals surface area contributed by atoms with E-state index in [0.29, 0.717) is 17.2 Å². The fraction of sp³-hybridized carbons (Fsp3) is 0.455. The molecule has 17 heavy (non-hydrogen) atoms. The molecule has 1 N–H and O–H groups in total. The molecule has 0 aromatic carbocycles. The van der Waals surface area contributed by atoms with Crippen LogP contribution in [-0.2, 0) is 4.79 Å². The molecule has 0 saturated heterocycles. The summed E-state index contributed by atoms with van der Waals surface area (Å²) in [6, 6.07) is 0. The molecule has 6 nitrogen and oxygen atoms in total. The van der Waals surface area contributed by atoms with Crippen LogP contribution in [0.25, 0.3) is 5.78 Å². The first kappa shape index (κ1) is 11.5. The normalized spacial score (nSPS) is 13.2. The number of carbonyl (C=O) groups is 1. The van der Waals surface area contributed by atoms with Crippen molar-refractivity contribution < 1.29 is 9.90 Å². The second-order valence-corrected chi connectivity index (χ2v) is 4.32. The second-order valence-electron chi connectivity index (χ2n) is 4.32. The van der Waals surface area contributed by atoms with Crippen molar-refractivity contribution in [2.24, 2.45) is 0 Å². The summed E-state index contributed by atoms with van der Waals surface area (Å²) in [6.07, 6.45) is 3.20. The molecule has 6 heteroatoms. The summed E-state index contributed by atoms with van der Waals surface area (Å²) in [4.78, 5) is 19.2. The molecule has 0 spiro atoms. The molecule has 1 atom stereocenters. The van der Waals surface area contributed by atoms with Crippen molar-refractivity contribution in [2.45, 2.75) is 32.6 Å². The van der Waals surface area contributed by atoms with Gasteiger partial charge in [-0.05, 0) is 6.92 Å². The van der Waals surface area contributed by atoms with Gasteiger partial charge in [-0.1, -0.05) is 13.8 Å². The lowest BCUT2D eigenvalue weighted by atomic mass is 10.1. The molecular formula is C11H14N4O2. The van der Waals surface area contributed by atoms with E-state index in [9.17, 15) is 4.79 Å². The predicted octanol–water partition coefficient (Wildman–Crippen LogP) is 1.44. The lowest BCUT2D eigenvalue weighted by molar-refractivity contribution is -0.138. The third-order valence-corrected chi connectivity index (χ3v) is 2.62. The Morgan fingerprint density at radius 1 is 1.41 bits per heavy atom. The Morgan fingerprint density at radius 2 is 2.12 bits per heavy atom. The number of aliphatic carboxylic acids is 1. The lowest BCUT2D eigenvalue weighted by Gasteiger charge is -2.04. The topological polar surface area (TPSA) is 80.4 Å². The van der Waals surface area contributed by atoms with Crippen molar-refractivity contribution in [3.05, 3.63) is 23.8 Å². The summed E-state index contributed by atoms with van der Waals surface area (Å²) in [5, 5.41) is 13.2. The molecule has 1 unspecified atom stereocenters. The van der Waals surface area contributed by atoms with Crippen LogP contribution in [0, 0.1) is 0 Å². The maximum Gasteiger partial charge on any atom is 0.310 e. The molecule has 0 aliphatic carbocycles. The number of rotatable bonds is 3. The Kier molecular flexibility index (Phi) is 2.79. The van der Waals surface area contributed by atoms with E-state index in [0.717, 1.165) is 0 Å². The van der Waals surface area contributed by atoms with E-state index in [2.05, 4.69) is 15.1 Å². The van der Waals surface area contributed by atoms with Gasteiger partial charge >= 0.3 is 5.97 Å². The standard InChI is InChI=1S/C11H14N4O2/c1-6(2)9-13-11-12-4-8(5-15(11)14-9)7(3)10(16)17/h4-7H,1-3H3,(H,16,17). The molecule has 0 fully saturated rings. The van der Waals surface area contributed by atoms with E-state index in [1.807, 2.05) is 13.8 Å². The van der Waals surface area contributed by atoms with E-state index in [1.165, 1.54) is 10.7 Å². The number of carboxylic acid groups (broad SMARTS) is 1. The SMILES string of the molecule is CC(C)c1nc2ncc(C(C)C(=O)O)cn2n1. The fourth-order valence-corrected chi connectivity index (χ4v) is 1.42. The first-order valence-electron chi connectivity index (χ1n) is 5.44. The molecule has 2 heterocycles. The highest BCUT2D eigenvalue weighted by molar-refractivity contribution is 5.75. The smallest absolute Gasteiger partial charge is 0.310 e. The molecule has 2 rings (SSSR count). The van der Waals surface area contributed by atoms with E-state index < -0.39 is 11.9 Å². The number of hydrogen-bond donors (Lipinski definition) is 1. The maximum absolute atomic E-state index is 10.9. The minimum absolute atomic E-state index is 0.219. The molecule has 0 amide bonds. The monoisotopic (exact) mass is 234 g/mol. The number of nitrogens with zero attached hydrogens (tertiary/aromatic N) is 4. The van der Waals surface area contributed by atoms with Crippen LogP contribution in [0.4, 0.5) is 0 Å². The van der Waals surface area contributed by atoms with Gasteiger partial charge in [0.05, 0.1) is 5.92 Å². The fourth-order valence-electron chi connectivity index (χ4n) is 1.42. The van der Waals surface area contributed by atoms with Crippen molar-refractivity contribution in [3.63, 3.8) is 0 Å². The zero-order valence-electron chi connectivity index (χ0n) is 9.95. The third kappa shape index (κ3) is 2.11. The van der Waals surface area contributed by atoms with Crippen molar-refractivity contribution in [1.29, 1.82) is 0 Å². The van der Waals surface area contributed by atoms with Gasteiger partial charge in [0.2, 0.25) is 0 Å². The summed E-state index contributed by atoms with van der Waals surface area (Å²) in [5.41, 5.74) is 0.616. The van der Waals surface area contributed by atoms with Crippen LogP contribution < -0.4 is 0 Å². The molecule has 0 saturated carbocycles. The van der Waals surface area contributed by atoms with Crippen LogP contribution >= 0.6 is 0 Å². The number of hydrogen-bond acceptors (Lipinski definition) is 4. The van der Waals surface area contributed by atoms with Crippen LogP contribution in [0.1, 0.15) is 44.0 Å². The highest BCUT2D eigenvalue weighted by Crippen LogP contribution is 2.15. The Morgan fingerprint density at radius 3 is 2.71 bits per heavy atom. The van der Waals surface area contributed by atoms with Gasteiger partial charge in [-0.25, -0.2) is 9.50 Å². The lowest BCUT2D eigenvalue weighted by Crippen LogP contribution is -2.09. The summed E-state index contributed by atoms with van der Waals surface area (Å²) in [5.74, 6) is -0.0568. The molecule has 2 aromatic rings. The van der Waals surface area contributed by atoms with Crippen molar-refractivity contribution in [1.82, 2.24) is 19.6 Å². The van der Waals surface area contributed by atoms with Gasteiger partial charge in [0, 0.05) is 23.9 Å². The number of aromatic nitrogens is 4. The highest BCUT2D eigenvalue weighted by Gasteiger charge is 2.16. The molecule has 0 bridgehead atoms. The molecular weight excluding hydrogens is 220 g/mol. The predicted molar refractivity (Wildman–Crippen MR) is 60.9 cm³/mol. The molecule has 0 aliphatic rings. The average molecular weight is 234 g/mol. The van der Waals surface area contributed by atoms with Crippen LogP contribution in [0.15, 0.2) is 12.4 Å². The largest absolute Gasteiger partial charge is 0.481 e. The van der Waals surface area contributed by atoms with Crippen LogP contribution in [-0.4, -0.2) is 30.7 Å². The third-order valence-electron chi connectivity index (χ3n) is 2.62. The van der Waals surface area contributed by atoms with Gasteiger partial charge in [0.1, 0.15) is 0 Å². The van der Waals surface area contributed by atoms with Crippen molar-refractivity contribution in [2.75, 3.05) is 0 Å². The summed E-state index contributed by atoms with van der Waals surface area (Å²) < 4.78 is 1.53.